The summed E-state index contributed by atoms with van der Waals surface area (Å²) in [7, 11) is 1.48. The summed E-state index contributed by atoms with van der Waals surface area (Å²) in [6.45, 7) is 2.43. The van der Waals surface area contributed by atoms with Gasteiger partial charge < -0.3 is 10.1 Å². The summed E-state index contributed by atoms with van der Waals surface area (Å²) in [6, 6.07) is 1.60. The van der Waals surface area contributed by atoms with Crippen LogP contribution in [0.3, 0.4) is 0 Å². The first-order valence-electron chi connectivity index (χ1n) is 6.98. The van der Waals surface area contributed by atoms with Gasteiger partial charge in [-0.15, -0.1) is 0 Å². The van der Waals surface area contributed by atoms with Crippen molar-refractivity contribution in [1.82, 2.24) is 30.0 Å². The number of ether oxygens (including phenoxy) is 1. The summed E-state index contributed by atoms with van der Waals surface area (Å²) in [4.78, 5) is 24.4. The van der Waals surface area contributed by atoms with Crippen molar-refractivity contribution in [3.63, 3.8) is 0 Å². The molecule has 2 amide bonds. The van der Waals surface area contributed by atoms with E-state index >= 15 is 0 Å². The lowest BCUT2D eigenvalue weighted by Gasteiger charge is -2.23. The van der Waals surface area contributed by atoms with Crippen molar-refractivity contribution in [1.29, 1.82) is 0 Å². The number of aromatic nitrogens is 5. The standard InChI is InChI=1S/C13H17N7O2/c1-8-5-10(19-13(16-8)22-2)18-12(21)17-9-3-4-11-14-7-15-20(11)6-9/h5,7,9H,3-4,6H2,1-2H3,(H2,16,17,18,19,21). The number of methoxy groups -OCH3 is 1. The predicted molar refractivity (Wildman–Crippen MR) is 77.6 cm³/mol. The fourth-order valence-corrected chi connectivity index (χ4v) is 2.39. The second-order valence-electron chi connectivity index (χ2n) is 5.07. The van der Waals surface area contributed by atoms with Crippen LogP contribution in [0.2, 0.25) is 0 Å². The van der Waals surface area contributed by atoms with Gasteiger partial charge in [-0.05, 0) is 13.3 Å². The van der Waals surface area contributed by atoms with E-state index in [0.717, 1.165) is 18.7 Å². The summed E-state index contributed by atoms with van der Waals surface area (Å²) in [5.74, 6) is 1.36. The molecule has 0 saturated carbocycles. The Morgan fingerprint density at radius 2 is 2.32 bits per heavy atom. The Bertz CT molecular complexity index is 685. The average molecular weight is 303 g/mol. The summed E-state index contributed by atoms with van der Waals surface area (Å²) in [6.07, 6.45) is 3.16. The zero-order valence-corrected chi connectivity index (χ0v) is 12.4. The zero-order valence-electron chi connectivity index (χ0n) is 12.4. The molecule has 2 N–H and O–H groups in total. The normalized spacial score (nSPS) is 16.7. The van der Waals surface area contributed by atoms with Crippen LogP contribution >= 0.6 is 0 Å². The largest absolute Gasteiger partial charge is 0.467 e. The van der Waals surface area contributed by atoms with Crippen LogP contribution in [0.25, 0.3) is 0 Å². The second kappa shape index (κ2) is 5.96. The lowest BCUT2D eigenvalue weighted by Crippen LogP contribution is -2.43. The molecule has 9 heteroatoms. The molecule has 0 radical (unpaired) electrons. The van der Waals surface area contributed by atoms with E-state index in [2.05, 4.69) is 30.7 Å². The highest BCUT2D eigenvalue weighted by Gasteiger charge is 2.21. The number of amides is 2. The number of nitrogens with zero attached hydrogens (tertiary/aromatic N) is 5. The minimum atomic E-state index is -0.311. The molecule has 2 aromatic heterocycles. The van der Waals surface area contributed by atoms with Gasteiger partial charge in [0, 0.05) is 18.2 Å². The maximum atomic E-state index is 12.1. The quantitative estimate of drug-likeness (QED) is 0.856. The topological polar surface area (TPSA) is 107 Å². The Balaban J connectivity index is 1.60. The van der Waals surface area contributed by atoms with Crippen LogP contribution in [0.15, 0.2) is 12.4 Å². The third-order valence-electron chi connectivity index (χ3n) is 3.40. The molecular weight excluding hydrogens is 286 g/mol. The Labute approximate surface area is 127 Å². The van der Waals surface area contributed by atoms with Gasteiger partial charge in [-0.3, -0.25) is 5.32 Å². The highest BCUT2D eigenvalue weighted by atomic mass is 16.5. The molecule has 1 aliphatic heterocycles. The van der Waals surface area contributed by atoms with Crippen molar-refractivity contribution in [2.75, 3.05) is 12.4 Å². The molecule has 0 aliphatic carbocycles. The SMILES string of the molecule is COc1nc(C)cc(NC(=O)NC2CCc3ncnn3C2)n1. The van der Waals surface area contributed by atoms with E-state index in [1.54, 1.807) is 13.0 Å². The number of anilines is 1. The van der Waals surface area contributed by atoms with E-state index in [0.29, 0.717) is 18.1 Å². The van der Waals surface area contributed by atoms with Gasteiger partial charge in [-0.2, -0.15) is 10.1 Å². The molecule has 0 aromatic carbocycles. The fraction of sp³-hybridized carbons (Fsp3) is 0.462. The van der Waals surface area contributed by atoms with Crippen molar-refractivity contribution in [3.05, 3.63) is 23.9 Å². The monoisotopic (exact) mass is 303 g/mol. The number of nitrogens with one attached hydrogen (secondary N) is 2. The van der Waals surface area contributed by atoms with Crippen LogP contribution in [0.4, 0.5) is 10.6 Å². The number of urea groups is 1. The number of carbonyl (C=O) groups excluding carboxylic acids is 1. The molecule has 1 unspecified atom stereocenters. The van der Waals surface area contributed by atoms with Crippen molar-refractivity contribution >= 4 is 11.8 Å². The average Bonchev–Trinajstić information content (AvgIpc) is 2.93. The third kappa shape index (κ3) is 3.13. The molecule has 0 fully saturated rings. The number of hydrogen-bond acceptors (Lipinski definition) is 6. The Morgan fingerprint density at radius 3 is 3.14 bits per heavy atom. The number of aryl methyl sites for hydroxylation is 2. The maximum absolute atomic E-state index is 12.1. The molecule has 1 aliphatic rings. The van der Waals surface area contributed by atoms with Crippen LogP contribution in [-0.4, -0.2) is 43.9 Å². The van der Waals surface area contributed by atoms with Gasteiger partial charge in [0.05, 0.1) is 19.7 Å². The third-order valence-corrected chi connectivity index (χ3v) is 3.40. The van der Waals surface area contributed by atoms with E-state index in [1.165, 1.54) is 13.4 Å². The summed E-state index contributed by atoms with van der Waals surface area (Å²) >= 11 is 0. The number of hydrogen-bond donors (Lipinski definition) is 2. The van der Waals surface area contributed by atoms with Gasteiger partial charge in [0.2, 0.25) is 0 Å². The maximum Gasteiger partial charge on any atom is 0.320 e. The van der Waals surface area contributed by atoms with Gasteiger partial charge in [-0.25, -0.2) is 19.4 Å². The molecule has 22 heavy (non-hydrogen) atoms. The van der Waals surface area contributed by atoms with Crippen molar-refractivity contribution < 1.29 is 9.53 Å². The van der Waals surface area contributed by atoms with Crippen LogP contribution in [0.5, 0.6) is 6.01 Å². The molecule has 0 bridgehead atoms. The molecule has 116 valence electrons. The first kappa shape index (κ1) is 14.2. The lowest BCUT2D eigenvalue weighted by atomic mass is 10.1. The lowest BCUT2D eigenvalue weighted by molar-refractivity contribution is 0.243. The van der Waals surface area contributed by atoms with Crippen LogP contribution in [0.1, 0.15) is 17.9 Å². The van der Waals surface area contributed by atoms with Crippen LogP contribution < -0.4 is 15.4 Å². The number of carbonyl (C=O) groups is 1. The molecule has 9 nitrogen and oxygen atoms in total. The van der Waals surface area contributed by atoms with Crippen LogP contribution in [0, 0.1) is 6.92 Å². The molecular formula is C13H17N7O2. The van der Waals surface area contributed by atoms with Gasteiger partial charge in [0.25, 0.3) is 0 Å². The Kier molecular flexibility index (Phi) is 3.86. The molecule has 1 atom stereocenters. The highest BCUT2D eigenvalue weighted by Crippen LogP contribution is 2.13. The summed E-state index contributed by atoms with van der Waals surface area (Å²) < 4.78 is 6.80. The highest BCUT2D eigenvalue weighted by molar-refractivity contribution is 5.88. The van der Waals surface area contributed by atoms with Gasteiger partial charge in [0.1, 0.15) is 18.0 Å². The number of fused-ring (bicyclic) bond motifs is 1. The Hall–Kier alpha value is -2.71. The summed E-state index contributed by atoms with van der Waals surface area (Å²) in [5.41, 5.74) is 0.715. The molecule has 0 saturated heterocycles. The molecule has 2 aromatic rings. The van der Waals surface area contributed by atoms with Gasteiger partial charge in [0.15, 0.2) is 0 Å². The molecule has 0 spiro atoms. The van der Waals surface area contributed by atoms with Gasteiger partial charge in [-0.1, -0.05) is 0 Å². The van der Waals surface area contributed by atoms with E-state index in [1.807, 2.05) is 4.68 Å². The smallest absolute Gasteiger partial charge is 0.320 e. The van der Waals surface area contributed by atoms with Crippen LogP contribution in [-0.2, 0) is 13.0 Å². The van der Waals surface area contributed by atoms with E-state index in [9.17, 15) is 4.79 Å². The predicted octanol–water partition coefficient (Wildman–Crippen LogP) is 0.522. The van der Waals surface area contributed by atoms with Crippen molar-refractivity contribution in [2.24, 2.45) is 0 Å². The first-order chi connectivity index (χ1) is 10.6. The minimum absolute atomic E-state index is 0.0130. The van der Waals surface area contributed by atoms with Crippen molar-refractivity contribution in [3.8, 4) is 6.01 Å². The minimum Gasteiger partial charge on any atom is -0.467 e. The van der Waals surface area contributed by atoms with Crippen molar-refractivity contribution in [2.45, 2.75) is 32.4 Å². The second-order valence-corrected chi connectivity index (χ2v) is 5.07. The zero-order chi connectivity index (χ0) is 15.5. The first-order valence-corrected chi connectivity index (χ1v) is 6.98. The van der Waals surface area contributed by atoms with E-state index in [4.69, 9.17) is 4.74 Å². The summed E-state index contributed by atoms with van der Waals surface area (Å²) in [5, 5.41) is 9.74. The fourth-order valence-electron chi connectivity index (χ4n) is 2.39. The Morgan fingerprint density at radius 1 is 1.45 bits per heavy atom. The van der Waals surface area contributed by atoms with Gasteiger partial charge >= 0.3 is 12.0 Å². The van der Waals surface area contributed by atoms with E-state index < -0.39 is 0 Å². The molecule has 3 rings (SSSR count). The number of rotatable bonds is 3. The molecule has 3 heterocycles. The van der Waals surface area contributed by atoms with E-state index in [-0.39, 0.29) is 18.1 Å².